The first kappa shape index (κ1) is 19.8. The van der Waals surface area contributed by atoms with Crippen LogP contribution in [0.4, 0.5) is 0 Å². The number of hydrogen-bond acceptors (Lipinski definition) is 3. The number of halogens is 2. The molecule has 1 amide bonds. The highest BCUT2D eigenvalue weighted by Crippen LogP contribution is 2.27. The van der Waals surface area contributed by atoms with Gasteiger partial charge in [-0.3, -0.25) is 4.79 Å². The molecule has 25 heavy (non-hydrogen) atoms. The molecule has 1 atom stereocenters. The van der Waals surface area contributed by atoms with Crippen molar-refractivity contribution in [3.63, 3.8) is 0 Å². The van der Waals surface area contributed by atoms with Crippen molar-refractivity contribution in [2.45, 2.75) is 45.1 Å². The van der Waals surface area contributed by atoms with Crippen molar-refractivity contribution in [2.24, 2.45) is 5.73 Å². The van der Waals surface area contributed by atoms with Crippen LogP contribution in [0, 0.1) is 0 Å². The minimum Gasteiger partial charge on any atom is -0.347 e. The third-order valence-corrected chi connectivity index (χ3v) is 4.70. The molecular weight excluding hydrogens is 359 g/mol. The van der Waals surface area contributed by atoms with E-state index in [1.54, 1.807) is 0 Å². The molecule has 0 unspecified atom stereocenters. The number of nitrogens with zero attached hydrogens (tertiary/aromatic N) is 2. The molecule has 0 spiro atoms. The third kappa shape index (κ3) is 4.35. The molecule has 136 valence electrons. The number of nitrogens with one attached hydrogen (secondary N) is 1. The number of benzene rings is 1. The van der Waals surface area contributed by atoms with E-state index in [1.165, 1.54) is 6.42 Å². The van der Waals surface area contributed by atoms with Crippen molar-refractivity contribution in [3.05, 3.63) is 46.2 Å². The van der Waals surface area contributed by atoms with E-state index in [4.69, 9.17) is 17.3 Å². The summed E-state index contributed by atoms with van der Waals surface area (Å²) in [6.07, 6.45) is 5.21. The number of amides is 1. The molecule has 2 aromatic rings. The molecule has 1 heterocycles. The maximum atomic E-state index is 12.6. The van der Waals surface area contributed by atoms with E-state index >= 15 is 0 Å². The van der Waals surface area contributed by atoms with Crippen molar-refractivity contribution in [1.82, 2.24) is 15.1 Å². The normalized spacial score (nSPS) is 14.8. The molecule has 0 saturated carbocycles. The predicted molar refractivity (Wildman–Crippen MR) is 103 cm³/mol. The van der Waals surface area contributed by atoms with Gasteiger partial charge in [-0.05, 0) is 56.9 Å². The molecule has 3 N–H and O–H groups in total. The molecule has 0 radical (unpaired) electrons. The van der Waals surface area contributed by atoms with Crippen molar-refractivity contribution >= 4 is 29.9 Å². The van der Waals surface area contributed by atoms with Crippen LogP contribution >= 0.6 is 24.0 Å². The molecule has 1 aliphatic carbocycles. The molecule has 1 aromatic heterocycles. The number of fused-ring (bicyclic) bond motifs is 1. The third-order valence-electron chi connectivity index (χ3n) is 4.45. The second-order valence-electron chi connectivity index (χ2n) is 6.33. The van der Waals surface area contributed by atoms with Crippen molar-refractivity contribution in [1.29, 1.82) is 0 Å². The summed E-state index contributed by atoms with van der Waals surface area (Å²) in [5.74, 6) is -0.140. The topological polar surface area (TPSA) is 72.9 Å². The van der Waals surface area contributed by atoms with Crippen LogP contribution in [0.15, 0.2) is 24.3 Å². The number of carbonyl (C=O) groups is 1. The fourth-order valence-electron chi connectivity index (χ4n) is 3.11. The highest BCUT2D eigenvalue weighted by Gasteiger charge is 2.25. The zero-order valence-electron chi connectivity index (χ0n) is 14.3. The van der Waals surface area contributed by atoms with Crippen LogP contribution in [0.1, 0.15) is 47.9 Å². The van der Waals surface area contributed by atoms with Crippen LogP contribution in [0.25, 0.3) is 5.69 Å². The van der Waals surface area contributed by atoms with Gasteiger partial charge in [0.2, 0.25) is 0 Å². The van der Waals surface area contributed by atoms with Gasteiger partial charge in [0, 0.05) is 28.9 Å². The minimum absolute atomic E-state index is 0. The quantitative estimate of drug-likeness (QED) is 0.796. The van der Waals surface area contributed by atoms with Crippen LogP contribution in [-0.4, -0.2) is 28.3 Å². The first-order chi connectivity index (χ1) is 11.6. The maximum absolute atomic E-state index is 12.6. The zero-order valence-corrected chi connectivity index (χ0v) is 15.9. The van der Waals surface area contributed by atoms with Crippen LogP contribution in [0.5, 0.6) is 0 Å². The molecule has 0 bridgehead atoms. The molecule has 0 saturated heterocycles. The summed E-state index contributed by atoms with van der Waals surface area (Å²) in [7, 11) is 0. The Labute approximate surface area is 159 Å². The zero-order chi connectivity index (χ0) is 17.1. The second-order valence-corrected chi connectivity index (χ2v) is 6.77. The van der Waals surface area contributed by atoms with Gasteiger partial charge in [-0.1, -0.05) is 18.0 Å². The molecule has 0 aliphatic heterocycles. The fourth-order valence-corrected chi connectivity index (χ4v) is 3.23. The van der Waals surface area contributed by atoms with Gasteiger partial charge in [0.15, 0.2) is 5.69 Å². The standard InChI is InChI=1S/C18H23ClN4O.ClH/c1-12(11-20)21-18(24)17-15-5-3-2-4-6-16(15)23(22-17)14-9-7-13(19)8-10-14;/h7-10,12H,2-6,11,20H2,1H3,(H,21,24);1H/t12-;/m0./s1. The lowest BCUT2D eigenvalue weighted by Gasteiger charge is -2.10. The lowest BCUT2D eigenvalue weighted by atomic mass is 10.1. The molecule has 1 aromatic carbocycles. The van der Waals surface area contributed by atoms with Crippen LogP contribution in [0.2, 0.25) is 5.02 Å². The molecule has 7 heteroatoms. The van der Waals surface area contributed by atoms with Crippen LogP contribution < -0.4 is 11.1 Å². The van der Waals surface area contributed by atoms with Gasteiger partial charge in [-0.25, -0.2) is 4.68 Å². The molecule has 0 fully saturated rings. The number of hydrogen-bond donors (Lipinski definition) is 2. The van der Waals surface area contributed by atoms with Crippen LogP contribution in [0.3, 0.4) is 0 Å². The van der Waals surface area contributed by atoms with E-state index in [0.29, 0.717) is 17.3 Å². The Morgan fingerprint density at radius 3 is 2.64 bits per heavy atom. The average Bonchev–Trinajstić information content (AvgIpc) is 2.77. The smallest absolute Gasteiger partial charge is 0.272 e. The Hall–Kier alpha value is -1.56. The molecule has 3 rings (SSSR count). The number of aromatic nitrogens is 2. The largest absolute Gasteiger partial charge is 0.347 e. The first-order valence-electron chi connectivity index (χ1n) is 8.47. The van der Waals surface area contributed by atoms with Gasteiger partial charge in [0.05, 0.1) is 5.69 Å². The summed E-state index contributed by atoms with van der Waals surface area (Å²) in [6, 6.07) is 7.49. The van der Waals surface area contributed by atoms with Crippen molar-refractivity contribution < 1.29 is 4.79 Å². The molecular formula is C18H24Cl2N4O. The predicted octanol–water partition coefficient (Wildman–Crippen LogP) is 3.29. The first-order valence-corrected chi connectivity index (χ1v) is 8.85. The monoisotopic (exact) mass is 382 g/mol. The van der Waals surface area contributed by atoms with Crippen molar-refractivity contribution in [3.8, 4) is 5.69 Å². The summed E-state index contributed by atoms with van der Waals surface area (Å²) in [5.41, 5.74) is 9.29. The Balaban J connectivity index is 0.00000225. The van der Waals surface area contributed by atoms with Crippen LogP contribution in [-0.2, 0) is 12.8 Å². The summed E-state index contributed by atoms with van der Waals surface area (Å²) in [6.45, 7) is 2.30. The van der Waals surface area contributed by atoms with Gasteiger partial charge < -0.3 is 11.1 Å². The Morgan fingerprint density at radius 1 is 1.28 bits per heavy atom. The maximum Gasteiger partial charge on any atom is 0.272 e. The van der Waals surface area contributed by atoms with Gasteiger partial charge in [-0.2, -0.15) is 5.10 Å². The average molecular weight is 383 g/mol. The molecule has 1 aliphatic rings. The Kier molecular flexibility index (Phi) is 6.87. The van der Waals surface area contributed by atoms with E-state index in [1.807, 2.05) is 35.9 Å². The molecule has 5 nitrogen and oxygen atoms in total. The lowest BCUT2D eigenvalue weighted by molar-refractivity contribution is 0.0935. The van der Waals surface area contributed by atoms with E-state index in [0.717, 1.165) is 42.6 Å². The Morgan fingerprint density at radius 2 is 1.96 bits per heavy atom. The van der Waals surface area contributed by atoms with E-state index in [9.17, 15) is 4.79 Å². The van der Waals surface area contributed by atoms with E-state index in [-0.39, 0.29) is 24.4 Å². The highest BCUT2D eigenvalue weighted by atomic mass is 35.5. The van der Waals surface area contributed by atoms with E-state index < -0.39 is 0 Å². The summed E-state index contributed by atoms with van der Waals surface area (Å²) < 4.78 is 1.90. The highest BCUT2D eigenvalue weighted by molar-refractivity contribution is 6.30. The van der Waals surface area contributed by atoms with Gasteiger partial charge in [-0.15, -0.1) is 12.4 Å². The minimum atomic E-state index is -0.140. The summed E-state index contributed by atoms with van der Waals surface area (Å²) >= 11 is 5.99. The Bertz CT molecular complexity index is 727. The second kappa shape index (κ2) is 8.70. The van der Waals surface area contributed by atoms with Crippen molar-refractivity contribution in [2.75, 3.05) is 6.54 Å². The van der Waals surface area contributed by atoms with Gasteiger partial charge in [0.25, 0.3) is 5.91 Å². The lowest BCUT2D eigenvalue weighted by Crippen LogP contribution is -2.38. The fraction of sp³-hybridized carbons (Fsp3) is 0.444. The number of nitrogens with two attached hydrogens (primary N) is 1. The number of carbonyl (C=O) groups excluding carboxylic acids is 1. The number of rotatable bonds is 4. The summed E-state index contributed by atoms with van der Waals surface area (Å²) in [4.78, 5) is 12.6. The SMILES string of the molecule is C[C@@H](CN)NC(=O)c1nn(-c2ccc(Cl)cc2)c2c1CCCCC2.Cl. The summed E-state index contributed by atoms with van der Waals surface area (Å²) in [5, 5.41) is 8.26. The van der Waals surface area contributed by atoms with Gasteiger partial charge >= 0.3 is 0 Å². The van der Waals surface area contributed by atoms with Gasteiger partial charge in [0.1, 0.15) is 0 Å². The van der Waals surface area contributed by atoms with E-state index in [2.05, 4.69) is 10.4 Å².